The molecule has 0 spiro atoms. The van der Waals surface area contributed by atoms with Crippen molar-refractivity contribution >= 4 is 51.9 Å². The summed E-state index contributed by atoms with van der Waals surface area (Å²) in [6.07, 6.45) is 1.36. The fourth-order valence-electron chi connectivity index (χ4n) is 2.18. The summed E-state index contributed by atoms with van der Waals surface area (Å²) >= 11 is 18.0. The van der Waals surface area contributed by atoms with Crippen molar-refractivity contribution in [2.24, 2.45) is 0 Å². The van der Waals surface area contributed by atoms with Crippen LogP contribution in [0.1, 0.15) is 23.0 Å². The number of carbonyl (C=O) groups excluding carboxylic acids is 1. The molecule has 0 radical (unpaired) electrons. The molecule has 0 unspecified atom stereocenters. The molecular formula is C15H11Cl3N4O2. The summed E-state index contributed by atoms with van der Waals surface area (Å²) in [4.78, 5) is 20.4. The van der Waals surface area contributed by atoms with Crippen LogP contribution >= 0.6 is 34.8 Å². The third-order valence-electron chi connectivity index (χ3n) is 3.22. The lowest BCUT2D eigenvalue weighted by atomic mass is 10.2. The fourth-order valence-corrected chi connectivity index (χ4v) is 2.78. The van der Waals surface area contributed by atoms with Gasteiger partial charge in [0.2, 0.25) is 0 Å². The summed E-state index contributed by atoms with van der Waals surface area (Å²) in [5.74, 6) is -0.569. The van der Waals surface area contributed by atoms with Gasteiger partial charge in [-0.3, -0.25) is 0 Å². The van der Waals surface area contributed by atoms with E-state index in [0.29, 0.717) is 21.2 Å². The fraction of sp³-hybridized carbons (Fsp3) is 0.200. The molecule has 2 heterocycles. The Morgan fingerprint density at radius 3 is 2.79 bits per heavy atom. The Morgan fingerprint density at radius 2 is 2.08 bits per heavy atom. The number of benzene rings is 1. The van der Waals surface area contributed by atoms with Crippen LogP contribution in [0.2, 0.25) is 15.2 Å². The van der Waals surface area contributed by atoms with Crippen LogP contribution in [0, 0.1) is 0 Å². The van der Waals surface area contributed by atoms with Crippen LogP contribution in [0.5, 0.6) is 0 Å². The number of rotatable bonds is 4. The Kier molecular flexibility index (Phi) is 4.89. The Hall–Kier alpha value is -1.89. The van der Waals surface area contributed by atoms with Crippen molar-refractivity contribution in [1.82, 2.24) is 19.7 Å². The molecule has 124 valence electrons. The summed E-state index contributed by atoms with van der Waals surface area (Å²) in [5, 5.41) is 5.49. The zero-order chi connectivity index (χ0) is 17.3. The number of ether oxygens (including phenoxy) is 1. The molecule has 6 nitrogen and oxygen atoms in total. The minimum absolute atomic E-state index is 0.0844. The molecule has 0 saturated heterocycles. The van der Waals surface area contributed by atoms with Crippen molar-refractivity contribution in [3.63, 3.8) is 0 Å². The Labute approximate surface area is 152 Å². The molecule has 24 heavy (non-hydrogen) atoms. The van der Waals surface area contributed by atoms with Gasteiger partial charge in [-0.1, -0.05) is 40.9 Å². The highest BCUT2D eigenvalue weighted by atomic mass is 35.5. The first-order valence-electron chi connectivity index (χ1n) is 6.99. The van der Waals surface area contributed by atoms with Crippen molar-refractivity contribution < 1.29 is 9.53 Å². The Bertz CT molecular complexity index is 926. The minimum atomic E-state index is -0.569. The van der Waals surface area contributed by atoms with Gasteiger partial charge in [-0.2, -0.15) is 5.10 Å². The molecule has 0 saturated carbocycles. The van der Waals surface area contributed by atoms with Gasteiger partial charge in [0.1, 0.15) is 10.7 Å². The predicted molar refractivity (Wildman–Crippen MR) is 91.9 cm³/mol. The Morgan fingerprint density at radius 1 is 1.29 bits per heavy atom. The van der Waals surface area contributed by atoms with Gasteiger partial charge in [0.05, 0.1) is 19.3 Å². The molecule has 0 aliphatic carbocycles. The zero-order valence-electron chi connectivity index (χ0n) is 12.5. The van der Waals surface area contributed by atoms with Gasteiger partial charge >= 0.3 is 5.97 Å². The monoisotopic (exact) mass is 384 g/mol. The number of halogens is 3. The molecule has 0 amide bonds. The number of hydrogen-bond acceptors (Lipinski definition) is 5. The lowest BCUT2D eigenvalue weighted by Crippen LogP contribution is -2.08. The maximum Gasteiger partial charge on any atom is 0.361 e. The number of aromatic nitrogens is 4. The van der Waals surface area contributed by atoms with E-state index in [1.54, 1.807) is 25.1 Å². The minimum Gasteiger partial charge on any atom is -0.461 e. The van der Waals surface area contributed by atoms with Crippen molar-refractivity contribution in [3.05, 3.63) is 50.9 Å². The van der Waals surface area contributed by atoms with Crippen molar-refractivity contribution in [2.45, 2.75) is 13.5 Å². The van der Waals surface area contributed by atoms with E-state index in [2.05, 4.69) is 15.1 Å². The molecule has 2 aromatic heterocycles. The smallest absolute Gasteiger partial charge is 0.361 e. The van der Waals surface area contributed by atoms with Gasteiger partial charge < -0.3 is 4.74 Å². The van der Waals surface area contributed by atoms with Crippen LogP contribution in [0.25, 0.3) is 11.2 Å². The summed E-state index contributed by atoms with van der Waals surface area (Å²) in [7, 11) is 0. The second kappa shape index (κ2) is 6.93. The number of hydrogen-bond donors (Lipinski definition) is 0. The van der Waals surface area contributed by atoms with Crippen LogP contribution in [-0.2, 0) is 11.3 Å². The van der Waals surface area contributed by atoms with Crippen molar-refractivity contribution in [2.75, 3.05) is 6.61 Å². The molecular weight excluding hydrogens is 375 g/mol. The third kappa shape index (κ3) is 3.31. The van der Waals surface area contributed by atoms with Crippen LogP contribution in [-0.4, -0.2) is 32.3 Å². The second-order valence-corrected chi connectivity index (χ2v) is 6.06. The van der Waals surface area contributed by atoms with E-state index in [4.69, 9.17) is 39.5 Å². The largest absolute Gasteiger partial charge is 0.461 e. The molecule has 0 aliphatic heterocycles. The molecule has 3 rings (SSSR count). The number of esters is 1. The van der Waals surface area contributed by atoms with E-state index in [-0.39, 0.29) is 24.0 Å². The van der Waals surface area contributed by atoms with Crippen LogP contribution in [0.15, 0.2) is 24.4 Å². The van der Waals surface area contributed by atoms with Gasteiger partial charge in [-0.25, -0.2) is 19.4 Å². The van der Waals surface area contributed by atoms with E-state index in [9.17, 15) is 4.79 Å². The molecule has 9 heteroatoms. The normalized spacial score (nSPS) is 11.0. The van der Waals surface area contributed by atoms with Crippen molar-refractivity contribution in [1.29, 1.82) is 0 Å². The highest BCUT2D eigenvalue weighted by molar-refractivity contribution is 6.35. The summed E-state index contributed by atoms with van der Waals surface area (Å²) in [6.45, 7) is 2.23. The van der Waals surface area contributed by atoms with E-state index < -0.39 is 5.97 Å². The van der Waals surface area contributed by atoms with E-state index in [1.165, 1.54) is 10.9 Å². The van der Waals surface area contributed by atoms with E-state index in [0.717, 1.165) is 5.56 Å². The SMILES string of the molecule is CCOC(=O)c1nn(Cc2ccc(Cl)cc2Cl)c2nc(Cl)cnc12. The predicted octanol–water partition coefficient (Wildman–Crippen LogP) is 4.01. The molecule has 3 aromatic rings. The molecule has 0 atom stereocenters. The summed E-state index contributed by atoms with van der Waals surface area (Å²) in [6, 6.07) is 5.13. The van der Waals surface area contributed by atoms with Gasteiger partial charge in [0.25, 0.3) is 0 Å². The number of carbonyl (C=O) groups is 1. The topological polar surface area (TPSA) is 69.9 Å². The van der Waals surface area contributed by atoms with Crippen LogP contribution in [0.3, 0.4) is 0 Å². The van der Waals surface area contributed by atoms with Crippen molar-refractivity contribution in [3.8, 4) is 0 Å². The zero-order valence-corrected chi connectivity index (χ0v) is 14.7. The highest BCUT2D eigenvalue weighted by Gasteiger charge is 2.21. The summed E-state index contributed by atoms with van der Waals surface area (Å²) in [5.41, 5.74) is 1.54. The van der Waals surface area contributed by atoms with Crippen LogP contribution < -0.4 is 0 Å². The number of nitrogens with zero attached hydrogens (tertiary/aromatic N) is 4. The molecule has 0 N–H and O–H groups in total. The number of fused-ring (bicyclic) bond motifs is 1. The molecule has 1 aromatic carbocycles. The second-order valence-electron chi connectivity index (χ2n) is 4.83. The molecule has 0 aliphatic rings. The van der Waals surface area contributed by atoms with Crippen LogP contribution in [0.4, 0.5) is 0 Å². The van der Waals surface area contributed by atoms with Gasteiger partial charge in [-0.05, 0) is 24.6 Å². The average molecular weight is 386 g/mol. The maximum absolute atomic E-state index is 12.1. The highest BCUT2D eigenvalue weighted by Crippen LogP contribution is 2.24. The average Bonchev–Trinajstić information content (AvgIpc) is 2.88. The Balaban J connectivity index is 2.09. The maximum atomic E-state index is 12.1. The van der Waals surface area contributed by atoms with Gasteiger partial charge in [-0.15, -0.1) is 0 Å². The molecule has 0 fully saturated rings. The first-order chi connectivity index (χ1) is 11.5. The quantitative estimate of drug-likeness (QED) is 0.635. The van der Waals surface area contributed by atoms with Gasteiger partial charge in [0.15, 0.2) is 11.3 Å². The summed E-state index contributed by atoms with van der Waals surface area (Å²) < 4.78 is 6.52. The molecule has 0 bridgehead atoms. The van der Waals surface area contributed by atoms with E-state index >= 15 is 0 Å². The standard InChI is InChI=1S/C15H11Cl3N4O2/c1-2-24-15(23)13-12-14(20-11(18)6-19-12)22(21-13)7-8-3-4-9(16)5-10(8)17/h3-6H,2,7H2,1H3. The lowest BCUT2D eigenvalue weighted by molar-refractivity contribution is 0.0520. The first-order valence-corrected chi connectivity index (χ1v) is 8.13. The van der Waals surface area contributed by atoms with E-state index in [1.807, 2.05) is 0 Å². The lowest BCUT2D eigenvalue weighted by Gasteiger charge is -2.06. The van der Waals surface area contributed by atoms with Gasteiger partial charge in [0, 0.05) is 10.0 Å². The first kappa shape index (κ1) is 17.0. The third-order valence-corrected chi connectivity index (χ3v) is 3.99.